The van der Waals surface area contributed by atoms with E-state index < -0.39 is 0 Å². The number of aromatic nitrogens is 1. The average molecular weight is 149 g/mol. The van der Waals surface area contributed by atoms with Gasteiger partial charge in [-0.05, 0) is 12.1 Å². The zero-order valence-electron chi connectivity index (χ0n) is 6.74. The van der Waals surface area contributed by atoms with E-state index in [1.165, 1.54) is 0 Å². The van der Waals surface area contributed by atoms with Gasteiger partial charge in [0, 0.05) is 11.6 Å². The average Bonchev–Trinajstić information content (AvgIpc) is 2.55. The molecule has 11 heavy (non-hydrogen) atoms. The lowest BCUT2D eigenvalue weighted by Crippen LogP contribution is -1.66. The third-order valence-corrected chi connectivity index (χ3v) is 1.25. The Morgan fingerprint density at radius 3 is 2.82 bits per heavy atom. The van der Waals surface area contributed by atoms with E-state index >= 15 is 0 Å². The number of fused-ring (bicyclic) bond motifs is 1. The Hall–Kier alpha value is -1.31. The van der Waals surface area contributed by atoms with Crippen LogP contribution in [0.25, 0.3) is 10.9 Å². The van der Waals surface area contributed by atoms with Crippen LogP contribution in [0.4, 0.5) is 0 Å². The van der Waals surface area contributed by atoms with Gasteiger partial charge in [-0.25, -0.2) is 0 Å². The number of furan rings is 1. The molecule has 0 saturated heterocycles. The highest BCUT2D eigenvalue weighted by Gasteiger charge is 1.90. The quantitative estimate of drug-likeness (QED) is 0.575. The van der Waals surface area contributed by atoms with E-state index in [2.05, 4.69) is 4.98 Å². The molecule has 0 aromatic carbocycles. The second kappa shape index (κ2) is 3.76. The minimum atomic E-state index is 0.914. The molecule has 2 rings (SSSR count). The first-order valence-corrected chi connectivity index (χ1v) is 3.74. The molecular formula is C9H11NO. The SMILES string of the molecule is CC.c1cnc2cocc2c1. The van der Waals surface area contributed by atoms with Crippen LogP contribution in [0.5, 0.6) is 0 Å². The fourth-order valence-corrected chi connectivity index (χ4v) is 0.800. The molecule has 0 aliphatic carbocycles. The molecule has 2 heterocycles. The highest BCUT2D eigenvalue weighted by atomic mass is 16.3. The largest absolute Gasteiger partial charge is 0.470 e. The summed E-state index contributed by atoms with van der Waals surface area (Å²) in [4.78, 5) is 4.05. The second-order valence-corrected chi connectivity index (χ2v) is 1.85. The Morgan fingerprint density at radius 2 is 2.09 bits per heavy atom. The van der Waals surface area contributed by atoms with Crippen LogP contribution in [-0.4, -0.2) is 4.98 Å². The molecule has 0 bridgehead atoms. The smallest absolute Gasteiger partial charge is 0.117 e. The monoisotopic (exact) mass is 149 g/mol. The molecule has 0 unspecified atom stereocenters. The maximum atomic E-state index is 4.90. The lowest BCUT2D eigenvalue weighted by molar-refractivity contribution is 0.572. The van der Waals surface area contributed by atoms with Crippen LogP contribution in [0, 0.1) is 0 Å². The molecule has 0 saturated carbocycles. The topological polar surface area (TPSA) is 26.0 Å². The predicted octanol–water partition coefficient (Wildman–Crippen LogP) is 2.85. The van der Waals surface area contributed by atoms with E-state index in [1.54, 1.807) is 18.7 Å². The van der Waals surface area contributed by atoms with Gasteiger partial charge in [-0.1, -0.05) is 13.8 Å². The van der Waals surface area contributed by atoms with Gasteiger partial charge in [0.2, 0.25) is 0 Å². The van der Waals surface area contributed by atoms with Gasteiger partial charge in [0.15, 0.2) is 0 Å². The lowest BCUT2D eigenvalue weighted by atomic mass is 10.3. The van der Waals surface area contributed by atoms with Crippen molar-refractivity contribution in [2.45, 2.75) is 13.8 Å². The van der Waals surface area contributed by atoms with Crippen molar-refractivity contribution in [1.82, 2.24) is 4.98 Å². The number of nitrogens with zero attached hydrogens (tertiary/aromatic N) is 1. The Morgan fingerprint density at radius 1 is 1.27 bits per heavy atom. The summed E-state index contributed by atoms with van der Waals surface area (Å²) in [5.74, 6) is 0. The molecule has 0 radical (unpaired) electrons. The Labute approximate surface area is 65.9 Å². The summed E-state index contributed by atoms with van der Waals surface area (Å²) in [5.41, 5.74) is 0.914. The summed E-state index contributed by atoms with van der Waals surface area (Å²) in [6, 6.07) is 3.85. The molecule has 0 aliphatic rings. The van der Waals surface area contributed by atoms with Crippen molar-refractivity contribution < 1.29 is 4.42 Å². The minimum absolute atomic E-state index is 0.914. The molecule has 0 fully saturated rings. The molecule has 0 aliphatic heterocycles. The number of pyridine rings is 1. The zero-order chi connectivity index (χ0) is 8.10. The van der Waals surface area contributed by atoms with Crippen LogP contribution in [0.15, 0.2) is 35.3 Å². The first kappa shape index (κ1) is 7.79. The highest BCUT2D eigenvalue weighted by molar-refractivity contribution is 5.76. The summed E-state index contributed by atoms with van der Waals surface area (Å²) < 4.78 is 4.90. The summed E-state index contributed by atoms with van der Waals surface area (Å²) in [6.07, 6.45) is 5.06. The summed E-state index contributed by atoms with van der Waals surface area (Å²) in [6.45, 7) is 4.00. The van der Waals surface area contributed by atoms with Crippen molar-refractivity contribution in [1.29, 1.82) is 0 Å². The van der Waals surface area contributed by atoms with E-state index in [4.69, 9.17) is 4.42 Å². The third kappa shape index (κ3) is 1.58. The van der Waals surface area contributed by atoms with E-state index in [9.17, 15) is 0 Å². The van der Waals surface area contributed by atoms with Crippen molar-refractivity contribution in [3.05, 3.63) is 30.9 Å². The number of hydrogen-bond donors (Lipinski definition) is 0. The van der Waals surface area contributed by atoms with Crippen molar-refractivity contribution in [3.63, 3.8) is 0 Å². The molecule has 0 spiro atoms. The summed E-state index contributed by atoms with van der Waals surface area (Å²) in [5, 5.41) is 1.05. The molecule has 0 atom stereocenters. The summed E-state index contributed by atoms with van der Waals surface area (Å²) in [7, 11) is 0. The van der Waals surface area contributed by atoms with E-state index in [-0.39, 0.29) is 0 Å². The van der Waals surface area contributed by atoms with Crippen LogP contribution >= 0.6 is 0 Å². The standard InChI is InChI=1S/C7H5NO.C2H6/c1-2-6-4-9-5-7(6)8-3-1;1-2/h1-5H;1-2H3. The van der Waals surface area contributed by atoms with Gasteiger partial charge in [0.25, 0.3) is 0 Å². The number of rotatable bonds is 0. The Kier molecular flexibility index (Phi) is 2.66. The van der Waals surface area contributed by atoms with Crippen molar-refractivity contribution in [2.24, 2.45) is 0 Å². The van der Waals surface area contributed by atoms with Crippen molar-refractivity contribution >= 4 is 10.9 Å². The minimum Gasteiger partial charge on any atom is -0.470 e. The third-order valence-electron chi connectivity index (χ3n) is 1.25. The molecule has 0 N–H and O–H groups in total. The highest BCUT2D eigenvalue weighted by Crippen LogP contribution is 2.09. The van der Waals surface area contributed by atoms with Gasteiger partial charge < -0.3 is 4.42 Å². The molecule has 2 heteroatoms. The van der Waals surface area contributed by atoms with Gasteiger partial charge in [0.1, 0.15) is 11.8 Å². The first-order valence-electron chi connectivity index (χ1n) is 3.74. The molecule has 2 aromatic heterocycles. The van der Waals surface area contributed by atoms with Gasteiger partial charge in [-0.3, -0.25) is 4.98 Å². The maximum Gasteiger partial charge on any atom is 0.117 e. The molecule has 2 aromatic rings. The van der Waals surface area contributed by atoms with Crippen LogP contribution in [-0.2, 0) is 0 Å². The van der Waals surface area contributed by atoms with Crippen molar-refractivity contribution in [3.8, 4) is 0 Å². The van der Waals surface area contributed by atoms with Gasteiger partial charge in [0.05, 0.1) is 6.26 Å². The first-order chi connectivity index (χ1) is 5.47. The molecule has 0 amide bonds. The van der Waals surface area contributed by atoms with Crippen LogP contribution in [0.3, 0.4) is 0 Å². The molecular weight excluding hydrogens is 138 g/mol. The van der Waals surface area contributed by atoms with Gasteiger partial charge in [-0.2, -0.15) is 0 Å². The van der Waals surface area contributed by atoms with Crippen molar-refractivity contribution in [2.75, 3.05) is 0 Å². The van der Waals surface area contributed by atoms with E-state index in [1.807, 2.05) is 26.0 Å². The lowest BCUT2D eigenvalue weighted by Gasteiger charge is -1.79. The fourth-order valence-electron chi connectivity index (χ4n) is 0.800. The molecule has 2 nitrogen and oxygen atoms in total. The second-order valence-electron chi connectivity index (χ2n) is 1.85. The number of hydrogen-bond acceptors (Lipinski definition) is 2. The predicted molar refractivity (Wildman–Crippen MR) is 45.4 cm³/mol. The van der Waals surface area contributed by atoms with Gasteiger partial charge >= 0.3 is 0 Å². The van der Waals surface area contributed by atoms with E-state index in [0.29, 0.717) is 0 Å². The van der Waals surface area contributed by atoms with Crippen LogP contribution in [0.1, 0.15) is 13.8 Å². The maximum absolute atomic E-state index is 4.90. The Bertz CT molecular complexity index is 284. The fraction of sp³-hybridized carbons (Fsp3) is 0.222. The van der Waals surface area contributed by atoms with Crippen LogP contribution in [0.2, 0.25) is 0 Å². The Balaban J connectivity index is 0.000000281. The van der Waals surface area contributed by atoms with E-state index in [0.717, 1.165) is 10.9 Å². The zero-order valence-corrected chi connectivity index (χ0v) is 6.74. The van der Waals surface area contributed by atoms with Gasteiger partial charge in [-0.15, -0.1) is 0 Å². The normalized spacial score (nSPS) is 8.91. The summed E-state index contributed by atoms with van der Waals surface area (Å²) >= 11 is 0. The molecule has 58 valence electrons. The van der Waals surface area contributed by atoms with Crippen LogP contribution < -0.4 is 0 Å².